The van der Waals surface area contributed by atoms with E-state index in [0.29, 0.717) is 0 Å². The molecule has 2 aromatic carbocycles. The highest BCUT2D eigenvalue weighted by Crippen LogP contribution is 2.33. The van der Waals surface area contributed by atoms with Crippen molar-refractivity contribution in [1.82, 2.24) is 0 Å². The number of benzene rings is 2. The third-order valence-corrected chi connectivity index (χ3v) is 4.29. The van der Waals surface area contributed by atoms with E-state index in [1.54, 1.807) is 6.07 Å². The maximum atomic E-state index is 13.4. The lowest BCUT2D eigenvalue weighted by atomic mass is 9.97. The first-order chi connectivity index (χ1) is 9.54. The summed E-state index contributed by atoms with van der Waals surface area (Å²) in [6.45, 7) is 2.04. The number of ether oxygens (including phenoxy) is 1. The summed E-state index contributed by atoms with van der Waals surface area (Å²) in [5, 5.41) is 0. The Morgan fingerprint density at radius 3 is 2.90 bits per heavy atom. The molecule has 4 heteroatoms. The topological polar surface area (TPSA) is 35.2 Å². The molecule has 3 rings (SSSR count). The lowest BCUT2D eigenvalue weighted by molar-refractivity contribution is 0.254. The fourth-order valence-corrected chi connectivity index (χ4v) is 3.06. The van der Waals surface area contributed by atoms with E-state index in [4.69, 9.17) is 10.5 Å². The first-order valence-electron chi connectivity index (χ1n) is 6.54. The molecular weight excluding hydrogens is 321 g/mol. The van der Waals surface area contributed by atoms with Crippen LogP contribution in [0.15, 0.2) is 40.9 Å². The second-order valence-electron chi connectivity index (χ2n) is 5.14. The van der Waals surface area contributed by atoms with Gasteiger partial charge >= 0.3 is 0 Å². The molecule has 0 saturated heterocycles. The number of rotatable bonds is 2. The minimum atomic E-state index is -0.360. The van der Waals surface area contributed by atoms with Crippen LogP contribution in [0.4, 0.5) is 4.39 Å². The van der Waals surface area contributed by atoms with Crippen molar-refractivity contribution in [2.45, 2.75) is 25.5 Å². The smallest absolute Gasteiger partial charge is 0.123 e. The Hall–Kier alpha value is -1.39. The first kappa shape index (κ1) is 13.6. The van der Waals surface area contributed by atoms with Crippen LogP contribution < -0.4 is 10.5 Å². The van der Waals surface area contributed by atoms with Gasteiger partial charge in [0.2, 0.25) is 0 Å². The summed E-state index contributed by atoms with van der Waals surface area (Å²) in [5.41, 5.74) is 9.15. The number of hydrogen-bond donors (Lipinski definition) is 1. The minimum absolute atomic E-state index is 0.206. The molecule has 20 heavy (non-hydrogen) atoms. The van der Waals surface area contributed by atoms with Crippen molar-refractivity contribution in [3.05, 3.63) is 63.4 Å². The summed E-state index contributed by atoms with van der Waals surface area (Å²) in [6.07, 6.45) is 1.10. The van der Waals surface area contributed by atoms with Gasteiger partial charge in [0.25, 0.3) is 0 Å². The predicted molar refractivity (Wildman–Crippen MR) is 80.4 cm³/mol. The van der Waals surface area contributed by atoms with Crippen molar-refractivity contribution in [2.75, 3.05) is 0 Å². The highest BCUT2D eigenvalue weighted by molar-refractivity contribution is 9.10. The largest absolute Gasteiger partial charge is 0.490 e. The second-order valence-corrected chi connectivity index (χ2v) is 6.00. The molecule has 1 heterocycles. The van der Waals surface area contributed by atoms with Crippen LogP contribution in [-0.4, -0.2) is 6.10 Å². The summed E-state index contributed by atoms with van der Waals surface area (Å²) < 4.78 is 19.9. The fraction of sp³-hybridized carbons (Fsp3) is 0.250. The molecule has 0 radical (unpaired) electrons. The zero-order valence-corrected chi connectivity index (χ0v) is 12.7. The number of halogens is 2. The van der Waals surface area contributed by atoms with Gasteiger partial charge in [-0.3, -0.25) is 0 Å². The summed E-state index contributed by atoms with van der Waals surface area (Å²) in [7, 11) is 0. The summed E-state index contributed by atoms with van der Waals surface area (Å²) in [4.78, 5) is 0. The minimum Gasteiger partial charge on any atom is -0.490 e. The van der Waals surface area contributed by atoms with Crippen molar-refractivity contribution in [3.63, 3.8) is 0 Å². The number of nitrogens with two attached hydrogens (primary N) is 1. The van der Waals surface area contributed by atoms with Gasteiger partial charge in [0.1, 0.15) is 17.7 Å². The highest BCUT2D eigenvalue weighted by atomic mass is 79.9. The Balaban J connectivity index is 1.97. The van der Waals surface area contributed by atoms with Gasteiger partial charge in [-0.15, -0.1) is 0 Å². The van der Waals surface area contributed by atoms with Gasteiger partial charge in [-0.05, 0) is 47.9 Å². The number of hydrogen-bond acceptors (Lipinski definition) is 2. The van der Waals surface area contributed by atoms with Crippen LogP contribution in [0.25, 0.3) is 0 Å². The summed E-state index contributed by atoms with van der Waals surface area (Å²) >= 11 is 3.43. The van der Waals surface area contributed by atoms with Crippen molar-refractivity contribution in [3.8, 4) is 5.75 Å². The molecular formula is C16H15BrFNO. The molecule has 2 nitrogen and oxygen atoms in total. The average Bonchev–Trinajstić information content (AvgIpc) is 2.79. The van der Waals surface area contributed by atoms with Crippen LogP contribution in [0.2, 0.25) is 0 Å². The molecule has 1 aliphatic rings. The normalized spacial score (nSPS) is 18.5. The average molecular weight is 336 g/mol. The SMILES string of the molecule is CC1Cc2cc(C(N)c3cc(F)ccc3Br)ccc2O1. The van der Waals surface area contributed by atoms with Crippen LogP contribution in [0.5, 0.6) is 5.75 Å². The highest BCUT2D eigenvalue weighted by Gasteiger charge is 2.21. The standard InChI is InChI=1S/C16H15BrFNO/c1-9-6-11-7-10(2-5-15(11)20-9)16(19)13-8-12(18)3-4-14(13)17/h2-5,7-9,16H,6,19H2,1H3. The molecule has 2 N–H and O–H groups in total. The zero-order chi connectivity index (χ0) is 14.3. The van der Waals surface area contributed by atoms with E-state index in [-0.39, 0.29) is 18.0 Å². The van der Waals surface area contributed by atoms with Crippen molar-refractivity contribution in [1.29, 1.82) is 0 Å². The predicted octanol–water partition coefficient (Wildman–Crippen LogP) is 3.96. The van der Waals surface area contributed by atoms with Crippen LogP contribution in [0.1, 0.15) is 29.7 Å². The molecule has 2 unspecified atom stereocenters. The van der Waals surface area contributed by atoms with Gasteiger partial charge in [0.15, 0.2) is 0 Å². The van der Waals surface area contributed by atoms with Gasteiger partial charge in [-0.1, -0.05) is 28.1 Å². The van der Waals surface area contributed by atoms with Gasteiger partial charge in [-0.2, -0.15) is 0 Å². The van der Waals surface area contributed by atoms with Crippen LogP contribution in [-0.2, 0) is 6.42 Å². The Morgan fingerprint density at radius 1 is 1.30 bits per heavy atom. The quantitative estimate of drug-likeness (QED) is 0.901. The molecule has 0 saturated carbocycles. The summed E-state index contributed by atoms with van der Waals surface area (Å²) in [6, 6.07) is 10.2. The molecule has 104 valence electrons. The second kappa shape index (κ2) is 5.19. The molecule has 2 aromatic rings. The van der Waals surface area contributed by atoms with Gasteiger partial charge in [0, 0.05) is 10.9 Å². The van der Waals surface area contributed by atoms with E-state index in [1.165, 1.54) is 12.1 Å². The van der Waals surface area contributed by atoms with Crippen LogP contribution in [0.3, 0.4) is 0 Å². The van der Waals surface area contributed by atoms with Crippen molar-refractivity contribution >= 4 is 15.9 Å². The van der Waals surface area contributed by atoms with Crippen molar-refractivity contribution in [2.24, 2.45) is 5.73 Å². The summed E-state index contributed by atoms with van der Waals surface area (Å²) in [5.74, 6) is 0.642. The monoisotopic (exact) mass is 335 g/mol. The van der Waals surface area contributed by atoms with Crippen LogP contribution in [0, 0.1) is 5.82 Å². The van der Waals surface area contributed by atoms with E-state index in [1.807, 2.05) is 19.1 Å². The maximum absolute atomic E-state index is 13.4. The molecule has 0 bridgehead atoms. The Kier molecular flexibility index (Phi) is 3.52. The fourth-order valence-electron chi connectivity index (χ4n) is 2.57. The molecule has 0 aliphatic carbocycles. The van der Waals surface area contributed by atoms with E-state index in [0.717, 1.165) is 33.3 Å². The molecule has 0 aromatic heterocycles. The third-order valence-electron chi connectivity index (χ3n) is 3.57. The van der Waals surface area contributed by atoms with E-state index >= 15 is 0 Å². The lowest BCUT2D eigenvalue weighted by Crippen LogP contribution is -2.13. The Labute approximate surface area is 125 Å². The van der Waals surface area contributed by atoms with Gasteiger partial charge < -0.3 is 10.5 Å². The number of fused-ring (bicyclic) bond motifs is 1. The van der Waals surface area contributed by atoms with E-state index < -0.39 is 0 Å². The van der Waals surface area contributed by atoms with Gasteiger partial charge in [-0.25, -0.2) is 4.39 Å². The van der Waals surface area contributed by atoms with E-state index in [2.05, 4.69) is 22.0 Å². The molecule has 0 fully saturated rings. The Morgan fingerprint density at radius 2 is 2.10 bits per heavy atom. The Bertz CT molecular complexity index is 659. The third kappa shape index (κ3) is 2.45. The zero-order valence-electron chi connectivity index (χ0n) is 11.1. The molecule has 0 spiro atoms. The lowest BCUT2D eigenvalue weighted by Gasteiger charge is -2.15. The van der Waals surface area contributed by atoms with E-state index in [9.17, 15) is 4.39 Å². The van der Waals surface area contributed by atoms with Crippen LogP contribution >= 0.6 is 15.9 Å². The first-order valence-corrected chi connectivity index (χ1v) is 7.34. The maximum Gasteiger partial charge on any atom is 0.123 e. The molecule has 2 atom stereocenters. The molecule has 0 amide bonds. The van der Waals surface area contributed by atoms with Gasteiger partial charge in [0.05, 0.1) is 6.04 Å². The molecule has 1 aliphatic heterocycles. The van der Waals surface area contributed by atoms with Crippen molar-refractivity contribution < 1.29 is 9.13 Å².